The number of oxime groups is 1. The zero-order valence-electron chi connectivity index (χ0n) is 11.4. The van der Waals surface area contributed by atoms with Gasteiger partial charge in [0.1, 0.15) is 11.4 Å². The van der Waals surface area contributed by atoms with Gasteiger partial charge in [0.2, 0.25) is 0 Å². The maximum atomic E-state index is 8.69. The number of hydrogen-bond acceptors (Lipinski definition) is 5. The van der Waals surface area contributed by atoms with Gasteiger partial charge in [-0.25, -0.2) is 0 Å². The minimum Gasteiger partial charge on any atom is -0.409 e. The normalized spacial score (nSPS) is 15.4. The number of nitrogens with zero attached hydrogens (tertiary/aromatic N) is 4. The highest BCUT2D eigenvalue weighted by molar-refractivity contribution is 9.10. The van der Waals surface area contributed by atoms with Crippen LogP contribution in [0.3, 0.4) is 0 Å². The third-order valence-electron chi connectivity index (χ3n) is 3.56. The summed E-state index contributed by atoms with van der Waals surface area (Å²) in [6.07, 6.45) is 6.42. The average Bonchev–Trinajstić information content (AvgIpc) is 3.31. The maximum Gasteiger partial charge on any atom is 0.140 e. The molecule has 0 unspecified atom stereocenters. The van der Waals surface area contributed by atoms with Crippen LogP contribution in [-0.2, 0) is 0 Å². The van der Waals surface area contributed by atoms with Gasteiger partial charge in [0.15, 0.2) is 0 Å². The molecule has 0 aliphatic heterocycles. The first-order valence-electron chi connectivity index (χ1n) is 6.82. The quantitative estimate of drug-likeness (QED) is 0.374. The molecule has 0 amide bonds. The zero-order chi connectivity index (χ0) is 14.8. The van der Waals surface area contributed by atoms with Crippen LogP contribution in [0.25, 0.3) is 11.0 Å². The van der Waals surface area contributed by atoms with Gasteiger partial charge in [0.25, 0.3) is 0 Å². The number of hydrogen-bond donors (Lipinski definition) is 2. The Morgan fingerprint density at radius 3 is 3.00 bits per heavy atom. The van der Waals surface area contributed by atoms with E-state index >= 15 is 0 Å². The van der Waals surface area contributed by atoms with Gasteiger partial charge in [-0.1, -0.05) is 5.16 Å². The molecule has 0 spiro atoms. The average molecular weight is 350 g/mol. The number of rotatable bonds is 5. The Balaban J connectivity index is 1.95. The number of anilines is 1. The second-order valence-corrected chi connectivity index (χ2v) is 6.03. The summed E-state index contributed by atoms with van der Waals surface area (Å²) >= 11 is 3.42. The van der Waals surface area contributed by atoms with Gasteiger partial charge in [0, 0.05) is 35.9 Å². The molecule has 1 aliphatic carbocycles. The summed E-state index contributed by atoms with van der Waals surface area (Å²) in [7, 11) is 0. The minimum absolute atomic E-state index is 0.245. The van der Waals surface area contributed by atoms with E-state index in [1.165, 1.54) is 0 Å². The third-order valence-corrected chi connectivity index (χ3v) is 3.99. The lowest BCUT2D eigenvalue weighted by atomic mass is 10.2. The van der Waals surface area contributed by atoms with Crippen molar-refractivity contribution in [1.82, 2.24) is 9.97 Å². The molecule has 2 aromatic rings. The molecule has 1 aliphatic rings. The van der Waals surface area contributed by atoms with Gasteiger partial charge in [-0.2, -0.15) is 0 Å². The molecule has 0 aromatic carbocycles. The summed E-state index contributed by atoms with van der Waals surface area (Å²) in [5.74, 6) is 0.245. The summed E-state index contributed by atoms with van der Waals surface area (Å²) in [6.45, 7) is 0.706. The fraction of sp³-hybridized carbons (Fsp3) is 0.357. The lowest BCUT2D eigenvalue weighted by Crippen LogP contribution is -2.30. The van der Waals surface area contributed by atoms with Crippen LogP contribution >= 0.6 is 15.9 Å². The SMILES string of the molecule is N/C(CCN(c1ccnc2cc(Br)cnc12)C1CC1)=N/O. The van der Waals surface area contributed by atoms with Gasteiger partial charge >= 0.3 is 0 Å². The van der Waals surface area contributed by atoms with Crippen LogP contribution < -0.4 is 10.6 Å². The van der Waals surface area contributed by atoms with Crippen LogP contribution in [0.4, 0.5) is 5.69 Å². The molecule has 2 heterocycles. The van der Waals surface area contributed by atoms with Crippen LogP contribution in [-0.4, -0.2) is 33.6 Å². The van der Waals surface area contributed by atoms with Gasteiger partial charge in [0.05, 0.1) is 11.2 Å². The van der Waals surface area contributed by atoms with Gasteiger partial charge in [-0.15, -0.1) is 0 Å². The van der Waals surface area contributed by atoms with Crippen molar-refractivity contribution < 1.29 is 5.21 Å². The summed E-state index contributed by atoms with van der Waals surface area (Å²) in [5, 5.41) is 11.7. The highest BCUT2D eigenvalue weighted by atomic mass is 79.9. The Bertz CT molecular complexity index is 686. The first kappa shape index (κ1) is 14.1. The topological polar surface area (TPSA) is 87.6 Å². The maximum absolute atomic E-state index is 8.69. The van der Waals surface area contributed by atoms with Crippen LogP contribution in [0.1, 0.15) is 19.3 Å². The van der Waals surface area contributed by atoms with Crippen molar-refractivity contribution in [1.29, 1.82) is 0 Å². The molecule has 0 atom stereocenters. The third kappa shape index (κ3) is 3.07. The van der Waals surface area contributed by atoms with E-state index in [1.54, 1.807) is 12.4 Å². The first-order valence-corrected chi connectivity index (χ1v) is 7.61. The van der Waals surface area contributed by atoms with Crippen LogP contribution in [0, 0.1) is 0 Å². The largest absolute Gasteiger partial charge is 0.409 e. The first-order chi connectivity index (χ1) is 10.2. The number of amidine groups is 1. The zero-order valence-corrected chi connectivity index (χ0v) is 13.0. The van der Waals surface area contributed by atoms with Crippen molar-refractivity contribution in [2.45, 2.75) is 25.3 Å². The summed E-state index contributed by atoms with van der Waals surface area (Å²) in [4.78, 5) is 11.1. The number of pyridine rings is 2. The number of aromatic nitrogens is 2. The molecule has 7 heteroatoms. The van der Waals surface area contributed by atoms with Crippen molar-refractivity contribution in [2.75, 3.05) is 11.4 Å². The van der Waals surface area contributed by atoms with E-state index in [0.29, 0.717) is 19.0 Å². The van der Waals surface area contributed by atoms with E-state index in [2.05, 4.69) is 36.0 Å². The number of nitrogens with two attached hydrogens (primary N) is 1. The van der Waals surface area contributed by atoms with Crippen molar-refractivity contribution >= 4 is 38.5 Å². The Hall–Kier alpha value is -1.89. The minimum atomic E-state index is 0.245. The molecule has 6 nitrogen and oxygen atoms in total. The van der Waals surface area contributed by atoms with Crippen molar-refractivity contribution in [3.05, 3.63) is 29.0 Å². The molecular formula is C14H16BrN5O. The number of fused-ring (bicyclic) bond motifs is 1. The molecule has 3 rings (SSSR count). The number of halogens is 1. The van der Waals surface area contributed by atoms with E-state index < -0.39 is 0 Å². The smallest absolute Gasteiger partial charge is 0.140 e. The highest BCUT2D eigenvalue weighted by Gasteiger charge is 2.30. The van der Waals surface area contributed by atoms with Gasteiger partial charge in [-0.3, -0.25) is 9.97 Å². The molecule has 1 fully saturated rings. The Kier molecular flexibility index (Phi) is 3.92. The van der Waals surface area contributed by atoms with Crippen molar-refractivity contribution in [3.63, 3.8) is 0 Å². The van der Waals surface area contributed by atoms with Crippen LogP contribution in [0.2, 0.25) is 0 Å². The summed E-state index contributed by atoms with van der Waals surface area (Å²) in [6, 6.07) is 4.45. The highest BCUT2D eigenvalue weighted by Crippen LogP contribution is 2.35. The summed E-state index contributed by atoms with van der Waals surface area (Å²) < 4.78 is 0.911. The van der Waals surface area contributed by atoms with Crippen molar-refractivity contribution in [3.8, 4) is 0 Å². The summed E-state index contributed by atoms with van der Waals surface area (Å²) in [5.41, 5.74) is 8.39. The van der Waals surface area contributed by atoms with E-state index in [4.69, 9.17) is 10.9 Å². The predicted molar refractivity (Wildman–Crippen MR) is 85.6 cm³/mol. The standard InChI is InChI=1S/C14H16BrN5O/c15-9-7-11-14(18-8-9)12(3-5-17-11)20(10-1-2-10)6-4-13(16)19-21/h3,5,7-8,10,21H,1-2,4,6H2,(H2,16,19). The molecule has 1 saturated carbocycles. The lowest BCUT2D eigenvalue weighted by molar-refractivity contribution is 0.317. The Labute approximate surface area is 130 Å². The van der Waals surface area contributed by atoms with E-state index in [0.717, 1.165) is 34.0 Å². The fourth-order valence-corrected chi connectivity index (χ4v) is 2.71. The molecule has 21 heavy (non-hydrogen) atoms. The molecule has 2 aromatic heterocycles. The van der Waals surface area contributed by atoms with E-state index in [1.807, 2.05) is 12.1 Å². The molecule has 0 saturated heterocycles. The van der Waals surface area contributed by atoms with Crippen molar-refractivity contribution in [2.24, 2.45) is 10.9 Å². The molecule has 3 N–H and O–H groups in total. The van der Waals surface area contributed by atoms with Crippen LogP contribution in [0.5, 0.6) is 0 Å². The van der Waals surface area contributed by atoms with Gasteiger partial charge < -0.3 is 15.8 Å². The molecular weight excluding hydrogens is 334 g/mol. The van der Waals surface area contributed by atoms with Gasteiger partial charge in [-0.05, 0) is 40.9 Å². The van der Waals surface area contributed by atoms with E-state index in [9.17, 15) is 0 Å². The predicted octanol–water partition coefficient (Wildman–Crippen LogP) is 2.50. The molecule has 0 radical (unpaired) electrons. The second kappa shape index (κ2) is 5.85. The van der Waals surface area contributed by atoms with E-state index in [-0.39, 0.29) is 5.84 Å². The molecule has 0 bridgehead atoms. The fourth-order valence-electron chi connectivity index (χ4n) is 2.39. The van der Waals surface area contributed by atoms with Crippen LogP contribution in [0.15, 0.2) is 34.2 Å². The molecule has 110 valence electrons. The second-order valence-electron chi connectivity index (χ2n) is 5.12. The lowest BCUT2D eigenvalue weighted by Gasteiger charge is -2.25. The Morgan fingerprint density at radius 1 is 1.48 bits per heavy atom. The monoisotopic (exact) mass is 349 g/mol. The Morgan fingerprint density at radius 2 is 2.29 bits per heavy atom.